The number of hydrogen-bond donors (Lipinski definition) is 1. The van der Waals surface area contributed by atoms with Gasteiger partial charge in [0.15, 0.2) is 5.82 Å². The summed E-state index contributed by atoms with van der Waals surface area (Å²) in [5.74, 6) is 1.16. The molecule has 1 aromatic heterocycles. The summed E-state index contributed by atoms with van der Waals surface area (Å²) in [7, 11) is 0. The standard InChI is InChI=1S/C5H8N2OS/c1-3(2)4-6-5(9)8-7-4/h3H,1-2H3,(H,6,7,9). The molecule has 0 amide bonds. The van der Waals surface area contributed by atoms with Gasteiger partial charge in [0, 0.05) is 5.92 Å². The van der Waals surface area contributed by atoms with Crippen molar-refractivity contribution in [2.75, 3.05) is 0 Å². The van der Waals surface area contributed by atoms with E-state index < -0.39 is 0 Å². The highest BCUT2D eigenvalue weighted by Gasteiger charge is 2.01. The van der Waals surface area contributed by atoms with Crippen LogP contribution >= 0.6 is 12.2 Å². The van der Waals surface area contributed by atoms with Crippen molar-refractivity contribution in [3.8, 4) is 0 Å². The molecule has 1 aromatic rings. The third kappa shape index (κ3) is 1.38. The van der Waals surface area contributed by atoms with E-state index >= 15 is 0 Å². The molecule has 0 saturated carbocycles. The molecule has 0 radical (unpaired) electrons. The van der Waals surface area contributed by atoms with E-state index in [1.807, 2.05) is 13.8 Å². The number of nitrogens with zero attached hydrogens (tertiary/aromatic N) is 1. The van der Waals surface area contributed by atoms with Crippen LogP contribution in [-0.2, 0) is 0 Å². The maximum absolute atomic E-state index is 4.67. The van der Waals surface area contributed by atoms with Gasteiger partial charge in [0.1, 0.15) is 0 Å². The van der Waals surface area contributed by atoms with Crippen molar-refractivity contribution in [3.05, 3.63) is 10.7 Å². The van der Waals surface area contributed by atoms with Gasteiger partial charge in [-0.3, -0.25) is 4.98 Å². The van der Waals surface area contributed by atoms with Gasteiger partial charge in [-0.25, -0.2) is 0 Å². The van der Waals surface area contributed by atoms with Crippen LogP contribution in [0.25, 0.3) is 0 Å². The van der Waals surface area contributed by atoms with Crippen LogP contribution in [0.4, 0.5) is 0 Å². The van der Waals surface area contributed by atoms with Crippen molar-refractivity contribution in [3.63, 3.8) is 0 Å². The summed E-state index contributed by atoms with van der Waals surface area (Å²) in [6, 6.07) is 0. The Balaban J connectivity index is 2.98. The van der Waals surface area contributed by atoms with Crippen LogP contribution in [0.15, 0.2) is 4.52 Å². The predicted octanol–water partition coefficient (Wildman–Crippen LogP) is 1.86. The van der Waals surface area contributed by atoms with E-state index in [9.17, 15) is 0 Å². The molecule has 50 valence electrons. The molecule has 4 heteroatoms. The minimum absolute atomic E-state index is 0.346. The average Bonchev–Trinajstić information content (AvgIpc) is 2.14. The van der Waals surface area contributed by atoms with Crippen LogP contribution in [0.5, 0.6) is 0 Å². The van der Waals surface area contributed by atoms with Gasteiger partial charge in [-0.1, -0.05) is 19.0 Å². The summed E-state index contributed by atoms with van der Waals surface area (Å²) in [6.45, 7) is 4.03. The lowest BCUT2D eigenvalue weighted by Crippen LogP contribution is -1.88. The smallest absolute Gasteiger partial charge is 0.294 e. The van der Waals surface area contributed by atoms with E-state index in [1.165, 1.54) is 0 Å². The zero-order valence-corrected chi connectivity index (χ0v) is 6.16. The zero-order valence-electron chi connectivity index (χ0n) is 5.34. The molecule has 0 bridgehead atoms. The lowest BCUT2D eigenvalue weighted by Gasteiger charge is -1.92. The molecule has 9 heavy (non-hydrogen) atoms. The Kier molecular flexibility index (Phi) is 1.66. The Morgan fingerprint density at radius 2 is 2.33 bits per heavy atom. The largest absolute Gasteiger partial charge is 0.324 e. The molecule has 0 unspecified atom stereocenters. The van der Waals surface area contributed by atoms with Crippen molar-refractivity contribution in [1.29, 1.82) is 0 Å². The third-order valence-corrected chi connectivity index (χ3v) is 1.18. The molecule has 0 atom stereocenters. The van der Waals surface area contributed by atoms with Gasteiger partial charge >= 0.3 is 0 Å². The molecule has 0 aliphatic carbocycles. The Morgan fingerprint density at radius 3 is 2.56 bits per heavy atom. The maximum atomic E-state index is 4.67. The first kappa shape index (κ1) is 6.48. The van der Waals surface area contributed by atoms with Crippen LogP contribution in [0, 0.1) is 4.84 Å². The van der Waals surface area contributed by atoms with Gasteiger partial charge in [0.25, 0.3) is 4.84 Å². The molecule has 0 fully saturated rings. The molecule has 1 N–H and O–H groups in total. The topological polar surface area (TPSA) is 41.8 Å². The fourth-order valence-electron chi connectivity index (χ4n) is 0.491. The minimum atomic E-state index is 0.346. The lowest BCUT2D eigenvalue weighted by atomic mass is 10.2. The van der Waals surface area contributed by atoms with E-state index in [-0.39, 0.29) is 0 Å². The summed E-state index contributed by atoms with van der Waals surface area (Å²) in [4.78, 5) is 3.16. The quantitative estimate of drug-likeness (QED) is 0.611. The van der Waals surface area contributed by atoms with Crippen molar-refractivity contribution >= 4 is 12.2 Å². The molecule has 0 aliphatic heterocycles. The highest BCUT2D eigenvalue weighted by Crippen LogP contribution is 2.06. The lowest BCUT2D eigenvalue weighted by molar-refractivity contribution is 0.396. The number of aromatic amines is 1. The minimum Gasteiger partial charge on any atom is -0.324 e. The second-order valence-electron chi connectivity index (χ2n) is 2.13. The van der Waals surface area contributed by atoms with Crippen LogP contribution in [0.3, 0.4) is 0 Å². The molecule has 3 nitrogen and oxygen atoms in total. The van der Waals surface area contributed by atoms with E-state index in [1.54, 1.807) is 0 Å². The molecule has 0 aromatic carbocycles. The summed E-state index contributed by atoms with van der Waals surface area (Å²) in [5.41, 5.74) is 0. The Bertz CT molecular complexity index is 237. The van der Waals surface area contributed by atoms with Gasteiger partial charge < -0.3 is 4.52 Å². The van der Waals surface area contributed by atoms with Crippen LogP contribution < -0.4 is 0 Å². The number of H-pyrrole nitrogens is 1. The van der Waals surface area contributed by atoms with Gasteiger partial charge in [-0.15, -0.1) is 0 Å². The van der Waals surface area contributed by atoms with Crippen LogP contribution in [0.2, 0.25) is 0 Å². The highest BCUT2D eigenvalue weighted by molar-refractivity contribution is 7.71. The SMILES string of the molecule is CC(C)c1noc(=S)[nH]1. The summed E-state index contributed by atoms with van der Waals surface area (Å²) in [6.07, 6.45) is 0. The summed E-state index contributed by atoms with van der Waals surface area (Å²) < 4.78 is 4.64. The summed E-state index contributed by atoms with van der Waals surface area (Å²) in [5, 5.41) is 3.68. The molecule has 0 spiro atoms. The van der Waals surface area contributed by atoms with Crippen molar-refractivity contribution in [2.24, 2.45) is 0 Å². The first-order chi connectivity index (χ1) is 4.20. The fourth-order valence-corrected chi connectivity index (χ4v) is 0.632. The molecule has 0 saturated heterocycles. The first-order valence-electron chi connectivity index (χ1n) is 2.76. The van der Waals surface area contributed by atoms with Crippen LogP contribution in [0.1, 0.15) is 25.6 Å². The average molecular weight is 144 g/mol. The Labute approximate surface area is 58.1 Å². The van der Waals surface area contributed by atoms with Gasteiger partial charge in [-0.05, 0) is 12.2 Å². The number of aromatic nitrogens is 2. The molecular weight excluding hydrogens is 136 g/mol. The van der Waals surface area contributed by atoms with E-state index in [2.05, 4.69) is 26.9 Å². The molecular formula is C5H8N2OS. The van der Waals surface area contributed by atoms with Crippen molar-refractivity contribution in [2.45, 2.75) is 19.8 Å². The number of nitrogens with one attached hydrogen (secondary N) is 1. The zero-order chi connectivity index (χ0) is 6.85. The highest BCUT2D eigenvalue weighted by atomic mass is 32.1. The van der Waals surface area contributed by atoms with Gasteiger partial charge in [0.2, 0.25) is 0 Å². The monoisotopic (exact) mass is 144 g/mol. The van der Waals surface area contributed by atoms with E-state index in [4.69, 9.17) is 0 Å². The van der Waals surface area contributed by atoms with E-state index in [0.717, 1.165) is 5.82 Å². The second-order valence-corrected chi connectivity index (χ2v) is 2.51. The maximum Gasteiger partial charge on any atom is 0.294 e. The molecule has 0 aliphatic rings. The van der Waals surface area contributed by atoms with Crippen molar-refractivity contribution < 1.29 is 4.52 Å². The molecule has 1 heterocycles. The van der Waals surface area contributed by atoms with Crippen molar-refractivity contribution in [1.82, 2.24) is 10.1 Å². The summed E-state index contributed by atoms with van der Waals surface area (Å²) >= 11 is 4.67. The van der Waals surface area contributed by atoms with E-state index in [0.29, 0.717) is 10.8 Å². The van der Waals surface area contributed by atoms with Gasteiger partial charge in [-0.2, -0.15) is 0 Å². The normalized spacial score (nSPS) is 10.6. The van der Waals surface area contributed by atoms with Crippen LogP contribution in [-0.4, -0.2) is 10.1 Å². The Hall–Kier alpha value is -0.640. The number of rotatable bonds is 1. The fraction of sp³-hybridized carbons (Fsp3) is 0.600. The number of hydrogen-bond acceptors (Lipinski definition) is 3. The van der Waals surface area contributed by atoms with Gasteiger partial charge in [0.05, 0.1) is 0 Å². The third-order valence-electron chi connectivity index (χ3n) is 1.00. The predicted molar refractivity (Wildman–Crippen MR) is 35.8 cm³/mol. The molecule has 1 rings (SSSR count). The Morgan fingerprint density at radius 1 is 1.67 bits per heavy atom. The first-order valence-corrected chi connectivity index (χ1v) is 3.17. The second kappa shape index (κ2) is 2.31.